The predicted molar refractivity (Wildman–Crippen MR) is 70.7 cm³/mol. The molecule has 6 nitrogen and oxygen atoms in total. The minimum atomic E-state index is -0.0766. The molecule has 2 amide bonds. The van der Waals surface area contributed by atoms with Gasteiger partial charge in [-0.1, -0.05) is 0 Å². The fraction of sp³-hybridized carbons (Fsp3) is 0.846. The van der Waals surface area contributed by atoms with Crippen LogP contribution in [-0.2, 0) is 14.3 Å². The molecule has 0 aromatic heterocycles. The lowest BCUT2D eigenvalue weighted by Gasteiger charge is -2.33. The number of carbonyl (C=O) groups excluding carboxylic acids is 2. The molecule has 108 valence electrons. The van der Waals surface area contributed by atoms with Gasteiger partial charge in [0.05, 0.1) is 19.3 Å². The highest BCUT2D eigenvalue weighted by Crippen LogP contribution is 2.12. The van der Waals surface area contributed by atoms with Gasteiger partial charge < -0.3 is 19.9 Å². The number of likely N-dealkylation sites (N-methyl/N-ethyl adjacent to an activating group) is 1. The van der Waals surface area contributed by atoms with E-state index < -0.39 is 0 Å². The van der Waals surface area contributed by atoms with Crippen LogP contribution in [0.5, 0.6) is 0 Å². The first-order valence-electron chi connectivity index (χ1n) is 7.04. The molecule has 2 saturated heterocycles. The summed E-state index contributed by atoms with van der Waals surface area (Å²) >= 11 is 0. The highest BCUT2D eigenvalue weighted by atomic mass is 16.5. The van der Waals surface area contributed by atoms with Gasteiger partial charge in [-0.15, -0.1) is 0 Å². The molecule has 19 heavy (non-hydrogen) atoms. The predicted octanol–water partition coefficient (Wildman–Crippen LogP) is -0.554. The summed E-state index contributed by atoms with van der Waals surface area (Å²) in [4.78, 5) is 27.7. The number of morpholine rings is 1. The second-order valence-corrected chi connectivity index (χ2v) is 5.05. The van der Waals surface area contributed by atoms with Gasteiger partial charge in [-0.2, -0.15) is 0 Å². The summed E-state index contributed by atoms with van der Waals surface area (Å²) in [5, 5.41) is 3.03. The van der Waals surface area contributed by atoms with Crippen molar-refractivity contribution in [1.29, 1.82) is 0 Å². The number of hydrogen-bond donors (Lipinski definition) is 1. The number of amides is 2. The summed E-state index contributed by atoms with van der Waals surface area (Å²) in [7, 11) is 1.81. The topological polar surface area (TPSA) is 61.9 Å². The lowest BCUT2D eigenvalue weighted by Crippen LogP contribution is -2.50. The van der Waals surface area contributed by atoms with Crippen LogP contribution in [0.4, 0.5) is 0 Å². The van der Waals surface area contributed by atoms with Crippen molar-refractivity contribution in [3.8, 4) is 0 Å². The molecule has 2 aliphatic heterocycles. The van der Waals surface area contributed by atoms with E-state index >= 15 is 0 Å². The molecule has 0 aromatic rings. The van der Waals surface area contributed by atoms with E-state index in [0.29, 0.717) is 39.3 Å². The maximum absolute atomic E-state index is 12.1. The maximum atomic E-state index is 12.1. The number of carbonyl (C=O) groups is 2. The van der Waals surface area contributed by atoms with Gasteiger partial charge in [-0.3, -0.25) is 9.59 Å². The number of nitrogens with zero attached hydrogens (tertiary/aromatic N) is 2. The molecule has 1 unspecified atom stereocenters. The standard InChI is InChI=1S/C13H23N3O3/c1-14-11-3-2-5-16(13(11)18)6-4-12(17)15-7-9-19-10-8-15/h11,14H,2-10H2,1H3. The molecule has 6 heteroatoms. The fourth-order valence-corrected chi connectivity index (χ4v) is 2.63. The summed E-state index contributed by atoms with van der Waals surface area (Å²) < 4.78 is 5.22. The monoisotopic (exact) mass is 269 g/mol. The van der Waals surface area contributed by atoms with Crippen molar-refractivity contribution < 1.29 is 14.3 Å². The third-order valence-corrected chi connectivity index (χ3v) is 3.84. The third kappa shape index (κ3) is 3.67. The minimum absolute atomic E-state index is 0.0766. The molecule has 0 saturated carbocycles. The largest absolute Gasteiger partial charge is 0.378 e. The molecule has 0 aromatic carbocycles. The first kappa shape index (κ1) is 14.3. The summed E-state index contributed by atoms with van der Waals surface area (Å²) in [6, 6.07) is -0.0766. The number of rotatable bonds is 4. The second-order valence-electron chi connectivity index (χ2n) is 5.05. The minimum Gasteiger partial charge on any atom is -0.378 e. The van der Waals surface area contributed by atoms with Crippen molar-refractivity contribution in [2.75, 3.05) is 46.4 Å². The average molecular weight is 269 g/mol. The van der Waals surface area contributed by atoms with E-state index in [9.17, 15) is 9.59 Å². The molecular weight excluding hydrogens is 246 g/mol. The summed E-state index contributed by atoms with van der Waals surface area (Å²) in [5.74, 6) is 0.256. The molecule has 2 fully saturated rings. The SMILES string of the molecule is CNC1CCCN(CCC(=O)N2CCOCC2)C1=O. The first-order valence-corrected chi connectivity index (χ1v) is 7.04. The Morgan fingerprint density at radius 3 is 2.79 bits per heavy atom. The quantitative estimate of drug-likeness (QED) is 0.743. The van der Waals surface area contributed by atoms with Crippen LogP contribution in [0.3, 0.4) is 0 Å². The van der Waals surface area contributed by atoms with Crippen molar-refractivity contribution in [2.24, 2.45) is 0 Å². The van der Waals surface area contributed by atoms with Gasteiger partial charge in [0.15, 0.2) is 0 Å². The van der Waals surface area contributed by atoms with Crippen LogP contribution in [-0.4, -0.2) is 74.1 Å². The van der Waals surface area contributed by atoms with Crippen molar-refractivity contribution in [3.05, 3.63) is 0 Å². The lowest BCUT2D eigenvalue weighted by molar-refractivity contribution is -0.139. The van der Waals surface area contributed by atoms with Gasteiger partial charge in [0, 0.05) is 32.6 Å². The Labute approximate surface area is 114 Å². The molecule has 0 aliphatic carbocycles. The van der Waals surface area contributed by atoms with E-state index in [1.807, 2.05) is 16.8 Å². The van der Waals surface area contributed by atoms with Gasteiger partial charge in [0.1, 0.15) is 0 Å². The lowest BCUT2D eigenvalue weighted by atomic mass is 10.0. The summed E-state index contributed by atoms with van der Waals surface area (Å²) in [5.41, 5.74) is 0. The highest BCUT2D eigenvalue weighted by Gasteiger charge is 2.28. The van der Waals surface area contributed by atoms with Crippen LogP contribution in [0, 0.1) is 0 Å². The average Bonchev–Trinajstić information content (AvgIpc) is 2.47. The molecule has 0 spiro atoms. The molecule has 2 aliphatic rings. The van der Waals surface area contributed by atoms with Crippen LogP contribution in [0.1, 0.15) is 19.3 Å². The smallest absolute Gasteiger partial charge is 0.239 e. The van der Waals surface area contributed by atoms with Crippen LogP contribution >= 0.6 is 0 Å². The van der Waals surface area contributed by atoms with Crippen molar-refractivity contribution >= 4 is 11.8 Å². The van der Waals surface area contributed by atoms with E-state index in [1.54, 1.807) is 0 Å². The van der Waals surface area contributed by atoms with Gasteiger partial charge in [-0.05, 0) is 19.9 Å². The zero-order valence-corrected chi connectivity index (χ0v) is 11.6. The highest BCUT2D eigenvalue weighted by molar-refractivity contribution is 5.83. The number of nitrogens with one attached hydrogen (secondary N) is 1. The Morgan fingerprint density at radius 2 is 2.11 bits per heavy atom. The van der Waals surface area contributed by atoms with Crippen molar-refractivity contribution in [2.45, 2.75) is 25.3 Å². The molecule has 1 atom stereocenters. The summed E-state index contributed by atoms with van der Waals surface area (Å²) in [6.45, 7) is 3.89. The normalized spacial score (nSPS) is 24.7. The Morgan fingerprint density at radius 1 is 1.37 bits per heavy atom. The van der Waals surface area contributed by atoms with E-state index in [2.05, 4.69) is 5.32 Å². The van der Waals surface area contributed by atoms with Gasteiger partial charge in [-0.25, -0.2) is 0 Å². The Bertz CT molecular complexity index is 329. The Balaban J connectivity index is 1.77. The van der Waals surface area contributed by atoms with Gasteiger partial charge in [0.25, 0.3) is 0 Å². The van der Waals surface area contributed by atoms with E-state index in [1.165, 1.54) is 0 Å². The number of likely N-dealkylation sites (tertiary alicyclic amines) is 1. The van der Waals surface area contributed by atoms with Gasteiger partial charge in [0.2, 0.25) is 11.8 Å². The Kier molecular flexibility index (Phi) is 5.15. The van der Waals surface area contributed by atoms with Crippen LogP contribution in [0.2, 0.25) is 0 Å². The van der Waals surface area contributed by atoms with Crippen molar-refractivity contribution in [3.63, 3.8) is 0 Å². The van der Waals surface area contributed by atoms with Crippen LogP contribution in [0.15, 0.2) is 0 Å². The second kappa shape index (κ2) is 6.86. The number of piperidine rings is 1. The maximum Gasteiger partial charge on any atom is 0.239 e. The Hall–Kier alpha value is -1.14. The van der Waals surface area contributed by atoms with Crippen LogP contribution in [0.25, 0.3) is 0 Å². The number of ether oxygens (including phenoxy) is 1. The molecule has 2 heterocycles. The molecule has 0 bridgehead atoms. The van der Waals surface area contributed by atoms with Gasteiger partial charge >= 0.3 is 0 Å². The molecule has 1 N–H and O–H groups in total. The molecule has 0 radical (unpaired) electrons. The zero-order chi connectivity index (χ0) is 13.7. The summed E-state index contributed by atoms with van der Waals surface area (Å²) in [6.07, 6.45) is 2.31. The number of hydrogen-bond acceptors (Lipinski definition) is 4. The van der Waals surface area contributed by atoms with E-state index in [4.69, 9.17) is 4.74 Å². The zero-order valence-electron chi connectivity index (χ0n) is 11.6. The molecule has 2 rings (SSSR count). The fourth-order valence-electron chi connectivity index (χ4n) is 2.63. The molecular formula is C13H23N3O3. The van der Waals surface area contributed by atoms with Crippen molar-refractivity contribution in [1.82, 2.24) is 15.1 Å². The first-order chi connectivity index (χ1) is 9.22. The third-order valence-electron chi connectivity index (χ3n) is 3.84. The van der Waals surface area contributed by atoms with E-state index in [0.717, 1.165) is 19.4 Å². The van der Waals surface area contributed by atoms with Crippen LogP contribution < -0.4 is 5.32 Å². The van der Waals surface area contributed by atoms with E-state index in [-0.39, 0.29) is 17.9 Å².